The average molecular weight is 249 g/mol. The Bertz CT molecular complexity index is 541. The summed E-state index contributed by atoms with van der Waals surface area (Å²) in [6.45, 7) is -0.0393. The third-order valence-electron chi connectivity index (χ3n) is 2.50. The molecule has 0 bridgehead atoms. The molecule has 0 aliphatic carbocycles. The predicted octanol–water partition coefficient (Wildman–Crippen LogP) is -0.534. The van der Waals surface area contributed by atoms with Crippen molar-refractivity contribution < 1.29 is 19.1 Å². The van der Waals surface area contributed by atoms with Gasteiger partial charge in [-0.15, -0.1) is 0 Å². The third kappa shape index (κ3) is 2.10. The normalized spacial score (nSPS) is 13.1. The van der Waals surface area contributed by atoms with Gasteiger partial charge in [-0.25, -0.2) is 0 Å². The minimum Gasteiger partial charge on any atom is -0.482 e. The number of hydrogen-bond acceptors (Lipinski definition) is 4. The minimum absolute atomic E-state index is 0.0393. The molecule has 0 radical (unpaired) electrons. The highest BCUT2D eigenvalue weighted by atomic mass is 16.5. The van der Waals surface area contributed by atoms with Crippen LogP contribution in [-0.4, -0.2) is 31.4 Å². The summed E-state index contributed by atoms with van der Waals surface area (Å²) >= 11 is 0. The molecule has 0 saturated carbocycles. The molecule has 3 N–H and O–H groups in total. The average Bonchev–Trinajstić information content (AvgIpc) is 2.35. The smallest absolute Gasteiger partial charge is 0.315 e. The van der Waals surface area contributed by atoms with E-state index in [0.717, 1.165) is 4.90 Å². The number of nitrogens with two attached hydrogens (primary N) is 1. The van der Waals surface area contributed by atoms with Gasteiger partial charge < -0.3 is 20.7 Å². The van der Waals surface area contributed by atoms with Gasteiger partial charge in [-0.1, -0.05) is 0 Å². The van der Waals surface area contributed by atoms with Crippen LogP contribution in [0, 0.1) is 0 Å². The molecule has 2 rings (SSSR count). The second kappa shape index (κ2) is 4.36. The number of anilines is 2. The Morgan fingerprint density at radius 1 is 1.44 bits per heavy atom. The highest BCUT2D eigenvalue weighted by Gasteiger charge is 2.20. The zero-order valence-corrected chi connectivity index (χ0v) is 9.60. The molecule has 1 aliphatic heterocycles. The fourth-order valence-corrected chi connectivity index (χ4v) is 1.56. The lowest BCUT2D eigenvalue weighted by atomic mass is 10.2. The zero-order valence-electron chi connectivity index (χ0n) is 9.60. The monoisotopic (exact) mass is 249 g/mol. The number of carbonyl (C=O) groups is 3. The number of rotatable bonds is 1. The van der Waals surface area contributed by atoms with Gasteiger partial charge in [0.05, 0.1) is 5.69 Å². The van der Waals surface area contributed by atoms with Gasteiger partial charge in [0.15, 0.2) is 6.61 Å². The van der Waals surface area contributed by atoms with Gasteiger partial charge in [0.1, 0.15) is 5.75 Å². The SMILES string of the molecule is CN(C(=O)C(N)=O)c1ccc2c(c1)NC(=O)CO2. The van der Waals surface area contributed by atoms with Crippen molar-refractivity contribution in [3.05, 3.63) is 18.2 Å². The van der Waals surface area contributed by atoms with E-state index in [4.69, 9.17) is 10.5 Å². The summed E-state index contributed by atoms with van der Waals surface area (Å²) in [5, 5.41) is 2.61. The Morgan fingerprint density at radius 3 is 2.83 bits per heavy atom. The first kappa shape index (κ1) is 11.9. The maximum Gasteiger partial charge on any atom is 0.315 e. The van der Waals surface area contributed by atoms with Crippen LogP contribution in [-0.2, 0) is 14.4 Å². The number of nitrogens with zero attached hydrogens (tertiary/aromatic N) is 1. The van der Waals surface area contributed by atoms with Gasteiger partial charge in [0.2, 0.25) is 0 Å². The van der Waals surface area contributed by atoms with E-state index in [-0.39, 0.29) is 12.5 Å². The number of carbonyl (C=O) groups excluding carboxylic acids is 3. The lowest BCUT2D eigenvalue weighted by Gasteiger charge is -2.21. The molecular formula is C11H11N3O4. The second-order valence-corrected chi connectivity index (χ2v) is 3.75. The molecule has 0 unspecified atom stereocenters. The molecule has 7 heteroatoms. The number of nitrogens with one attached hydrogen (secondary N) is 1. The predicted molar refractivity (Wildman–Crippen MR) is 63.2 cm³/mol. The largest absolute Gasteiger partial charge is 0.482 e. The van der Waals surface area contributed by atoms with Crippen LogP contribution in [0.25, 0.3) is 0 Å². The highest BCUT2D eigenvalue weighted by molar-refractivity contribution is 6.39. The summed E-state index contributed by atoms with van der Waals surface area (Å²) in [6, 6.07) is 4.74. The molecule has 1 aromatic rings. The number of benzene rings is 1. The minimum atomic E-state index is -1.05. The first-order valence-electron chi connectivity index (χ1n) is 5.13. The van der Waals surface area contributed by atoms with Gasteiger partial charge in [-0.3, -0.25) is 14.4 Å². The molecule has 94 valence electrons. The molecule has 1 heterocycles. The van der Waals surface area contributed by atoms with Gasteiger partial charge in [-0.05, 0) is 18.2 Å². The lowest BCUT2D eigenvalue weighted by molar-refractivity contribution is -0.135. The summed E-state index contributed by atoms with van der Waals surface area (Å²) in [6.07, 6.45) is 0. The van der Waals surface area contributed by atoms with Gasteiger partial charge in [0.25, 0.3) is 5.91 Å². The van der Waals surface area contributed by atoms with Crippen molar-refractivity contribution in [2.45, 2.75) is 0 Å². The van der Waals surface area contributed by atoms with Crippen LogP contribution < -0.4 is 20.7 Å². The Kier molecular flexibility index (Phi) is 2.88. The van der Waals surface area contributed by atoms with Crippen LogP contribution in [0.4, 0.5) is 11.4 Å². The topological polar surface area (TPSA) is 102 Å². The first-order chi connectivity index (χ1) is 8.49. The Morgan fingerprint density at radius 2 is 2.17 bits per heavy atom. The van der Waals surface area contributed by atoms with Crippen LogP contribution in [0.5, 0.6) is 5.75 Å². The molecule has 1 aromatic carbocycles. The third-order valence-corrected chi connectivity index (χ3v) is 2.50. The molecule has 18 heavy (non-hydrogen) atoms. The quantitative estimate of drug-likeness (QED) is 0.653. The van der Waals surface area contributed by atoms with Crippen LogP contribution in [0.2, 0.25) is 0 Å². The van der Waals surface area contributed by atoms with Crippen molar-refractivity contribution >= 4 is 29.1 Å². The van der Waals surface area contributed by atoms with Crippen LogP contribution in [0.15, 0.2) is 18.2 Å². The summed E-state index contributed by atoms with van der Waals surface area (Å²) in [7, 11) is 1.42. The number of hydrogen-bond donors (Lipinski definition) is 2. The summed E-state index contributed by atoms with van der Waals surface area (Å²) in [5.74, 6) is -1.64. The fraction of sp³-hybridized carbons (Fsp3) is 0.182. The van der Waals surface area contributed by atoms with E-state index >= 15 is 0 Å². The van der Waals surface area contributed by atoms with Crippen molar-refractivity contribution in [3.8, 4) is 5.75 Å². The maximum atomic E-state index is 11.4. The number of primary amides is 1. The molecule has 1 aliphatic rings. The summed E-state index contributed by atoms with van der Waals surface area (Å²) in [5.41, 5.74) is 5.79. The van der Waals surface area contributed by atoms with Crippen LogP contribution in [0.1, 0.15) is 0 Å². The van der Waals surface area contributed by atoms with Gasteiger partial charge >= 0.3 is 11.8 Å². The van der Waals surface area contributed by atoms with E-state index in [1.807, 2.05) is 0 Å². The van der Waals surface area contributed by atoms with Gasteiger partial charge in [-0.2, -0.15) is 0 Å². The molecule has 0 atom stereocenters. The number of ether oxygens (including phenoxy) is 1. The number of amides is 3. The van der Waals surface area contributed by atoms with Crippen molar-refractivity contribution in [1.29, 1.82) is 0 Å². The van der Waals surface area contributed by atoms with Crippen LogP contribution >= 0.6 is 0 Å². The second-order valence-electron chi connectivity index (χ2n) is 3.75. The van der Waals surface area contributed by atoms with E-state index < -0.39 is 11.8 Å². The molecular weight excluding hydrogens is 238 g/mol. The van der Waals surface area contributed by atoms with E-state index in [9.17, 15) is 14.4 Å². The number of fused-ring (bicyclic) bond motifs is 1. The Labute approximate surface area is 102 Å². The highest BCUT2D eigenvalue weighted by Crippen LogP contribution is 2.31. The fourth-order valence-electron chi connectivity index (χ4n) is 1.56. The Hall–Kier alpha value is -2.57. The molecule has 0 spiro atoms. The Balaban J connectivity index is 2.31. The molecule has 0 aromatic heterocycles. The first-order valence-corrected chi connectivity index (χ1v) is 5.13. The van der Waals surface area contributed by atoms with Gasteiger partial charge in [0, 0.05) is 12.7 Å². The number of likely N-dealkylation sites (N-methyl/N-ethyl adjacent to an activating group) is 1. The van der Waals surface area contributed by atoms with Crippen molar-refractivity contribution in [2.75, 3.05) is 23.9 Å². The molecule has 0 saturated heterocycles. The van der Waals surface area contributed by atoms with Crippen molar-refractivity contribution in [1.82, 2.24) is 0 Å². The zero-order chi connectivity index (χ0) is 13.3. The van der Waals surface area contributed by atoms with Crippen molar-refractivity contribution in [2.24, 2.45) is 5.73 Å². The lowest BCUT2D eigenvalue weighted by Crippen LogP contribution is -2.37. The standard InChI is InChI=1S/C11H11N3O4/c1-14(11(17)10(12)16)6-2-3-8-7(4-6)13-9(15)5-18-8/h2-4H,5H2,1H3,(H2,12,16)(H,13,15). The summed E-state index contributed by atoms with van der Waals surface area (Å²) in [4.78, 5) is 34.5. The summed E-state index contributed by atoms with van der Waals surface area (Å²) < 4.78 is 5.17. The molecule has 0 fully saturated rings. The van der Waals surface area contributed by atoms with Crippen molar-refractivity contribution in [3.63, 3.8) is 0 Å². The molecule has 3 amide bonds. The van der Waals surface area contributed by atoms with E-state index in [1.54, 1.807) is 12.1 Å². The van der Waals surface area contributed by atoms with E-state index in [1.165, 1.54) is 13.1 Å². The van der Waals surface area contributed by atoms with E-state index in [2.05, 4.69) is 5.32 Å². The van der Waals surface area contributed by atoms with Crippen LogP contribution in [0.3, 0.4) is 0 Å². The molecule has 7 nitrogen and oxygen atoms in total. The maximum absolute atomic E-state index is 11.4. The van der Waals surface area contributed by atoms with E-state index in [0.29, 0.717) is 17.1 Å².